The Morgan fingerprint density at radius 2 is 1.62 bits per heavy atom. The second kappa shape index (κ2) is 4.66. The first-order valence-electron chi connectivity index (χ1n) is 4.57. The predicted molar refractivity (Wildman–Crippen MR) is 59.5 cm³/mol. The number of hydrogen-bond donors (Lipinski definition) is 0. The highest BCUT2D eigenvalue weighted by Gasteiger charge is 1.86. The third kappa shape index (κ3) is 3.29. The standard InChI is InChI=1S/C13H16/c1-11(2)12(3)9-10-13-7-5-4-6-8-13/h4-10H,1-3H3/b10-9+. The Bertz CT molecular complexity index is 311. The van der Waals surface area contributed by atoms with Gasteiger partial charge >= 0.3 is 0 Å². The topological polar surface area (TPSA) is 0 Å². The van der Waals surface area contributed by atoms with Gasteiger partial charge in [0.05, 0.1) is 0 Å². The Morgan fingerprint density at radius 3 is 2.15 bits per heavy atom. The van der Waals surface area contributed by atoms with Gasteiger partial charge in [-0.25, -0.2) is 0 Å². The van der Waals surface area contributed by atoms with Crippen LogP contribution >= 0.6 is 0 Å². The maximum absolute atomic E-state index is 2.16. The smallest absolute Gasteiger partial charge is 0.0257 e. The van der Waals surface area contributed by atoms with Gasteiger partial charge in [0.25, 0.3) is 0 Å². The van der Waals surface area contributed by atoms with Gasteiger partial charge in [-0.05, 0) is 26.3 Å². The summed E-state index contributed by atoms with van der Waals surface area (Å²) < 4.78 is 0. The average Bonchev–Trinajstić information content (AvgIpc) is 2.15. The van der Waals surface area contributed by atoms with E-state index in [9.17, 15) is 0 Å². The minimum absolute atomic E-state index is 1.25. The van der Waals surface area contributed by atoms with Gasteiger partial charge in [-0.1, -0.05) is 53.6 Å². The summed E-state index contributed by atoms with van der Waals surface area (Å²) in [5.41, 5.74) is 3.96. The maximum atomic E-state index is 2.16. The van der Waals surface area contributed by atoms with Crippen molar-refractivity contribution in [2.75, 3.05) is 0 Å². The predicted octanol–water partition coefficient (Wildman–Crippen LogP) is 4.06. The number of hydrogen-bond acceptors (Lipinski definition) is 0. The van der Waals surface area contributed by atoms with E-state index in [4.69, 9.17) is 0 Å². The quantitative estimate of drug-likeness (QED) is 0.590. The summed E-state index contributed by atoms with van der Waals surface area (Å²) >= 11 is 0. The van der Waals surface area contributed by atoms with Gasteiger partial charge in [-0.15, -0.1) is 0 Å². The van der Waals surface area contributed by atoms with E-state index in [-0.39, 0.29) is 0 Å². The van der Waals surface area contributed by atoms with Crippen molar-refractivity contribution in [1.29, 1.82) is 0 Å². The highest BCUT2D eigenvalue weighted by Crippen LogP contribution is 2.07. The summed E-state index contributed by atoms with van der Waals surface area (Å²) in [4.78, 5) is 0. The molecule has 68 valence electrons. The van der Waals surface area contributed by atoms with Gasteiger partial charge in [-0.2, -0.15) is 0 Å². The fraction of sp³-hybridized carbons (Fsp3) is 0.231. The Labute approximate surface area is 80.6 Å². The van der Waals surface area contributed by atoms with E-state index in [2.05, 4.69) is 57.2 Å². The summed E-state index contributed by atoms with van der Waals surface area (Å²) in [6.45, 7) is 6.39. The zero-order valence-electron chi connectivity index (χ0n) is 8.54. The van der Waals surface area contributed by atoms with E-state index in [1.807, 2.05) is 6.07 Å². The summed E-state index contributed by atoms with van der Waals surface area (Å²) in [6, 6.07) is 10.4. The van der Waals surface area contributed by atoms with Crippen LogP contribution < -0.4 is 0 Å². The molecule has 0 radical (unpaired) electrons. The molecule has 0 aliphatic rings. The lowest BCUT2D eigenvalue weighted by Gasteiger charge is -1.95. The molecule has 0 aromatic heterocycles. The van der Waals surface area contributed by atoms with Crippen molar-refractivity contribution in [3.8, 4) is 0 Å². The molecule has 0 atom stereocenters. The highest BCUT2D eigenvalue weighted by atomic mass is 13.9. The average molecular weight is 172 g/mol. The van der Waals surface area contributed by atoms with E-state index >= 15 is 0 Å². The van der Waals surface area contributed by atoms with Crippen molar-refractivity contribution in [1.82, 2.24) is 0 Å². The Kier molecular flexibility index (Phi) is 3.51. The lowest BCUT2D eigenvalue weighted by molar-refractivity contribution is 1.30. The van der Waals surface area contributed by atoms with Crippen LogP contribution in [-0.2, 0) is 0 Å². The molecule has 1 aromatic carbocycles. The molecule has 0 nitrogen and oxygen atoms in total. The highest BCUT2D eigenvalue weighted by molar-refractivity contribution is 5.52. The number of allylic oxidation sites excluding steroid dienone is 3. The first-order valence-corrected chi connectivity index (χ1v) is 4.57. The molecule has 0 heteroatoms. The normalized spacial score (nSPS) is 10.4. The van der Waals surface area contributed by atoms with Crippen molar-refractivity contribution in [2.24, 2.45) is 0 Å². The van der Waals surface area contributed by atoms with Crippen molar-refractivity contribution in [2.45, 2.75) is 20.8 Å². The monoisotopic (exact) mass is 172 g/mol. The second-order valence-electron chi connectivity index (χ2n) is 3.43. The third-order valence-electron chi connectivity index (χ3n) is 2.11. The molecular formula is C13H16. The van der Waals surface area contributed by atoms with E-state index in [0.717, 1.165) is 0 Å². The molecule has 0 aliphatic carbocycles. The van der Waals surface area contributed by atoms with E-state index < -0.39 is 0 Å². The van der Waals surface area contributed by atoms with Gasteiger partial charge < -0.3 is 0 Å². The Morgan fingerprint density at radius 1 is 1.00 bits per heavy atom. The molecule has 0 aliphatic heterocycles. The molecule has 0 fully saturated rings. The van der Waals surface area contributed by atoms with Gasteiger partial charge in [0.2, 0.25) is 0 Å². The molecule has 0 amide bonds. The van der Waals surface area contributed by atoms with E-state index in [1.54, 1.807) is 0 Å². The van der Waals surface area contributed by atoms with Gasteiger partial charge in [0.15, 0.2) is 0 Å². The zero-order chi connectivity index (χ0) is 9.68. The SMILES string of the molecule is CC(C)=C(C)/C=C/c1ccccc1. The number of benzene rings is 1. The van der Waals surface area contributed by atoms with Crippen LogP contribution in [0.3, 0.4) is 0 Å². The molecule has 1 aromatic rings. The van der Waals surface area contributed by atoms with Crippen LogP contribution in [0.2, 0.25) is 0 Å². The van der Waals surface area contributed by atoms with Crippen LogP contribution in [0.15, 0.2) is 47.6 Å². The molecule has 0 saturated heterocycles. The molecule has 0 saturated carbocycles. The summed E-state index contributed by atoms with van der Waals surface area (Å²) in [5.74, 6) is 0. The maximum Gasteiger partial charge on any atom is -0.0257 e. The van der Waals surface area contributed by atoms with Crippen molar-refractivity contribution in [3.63, 3.8) is 0 Å². The van der Waals surface area contributed by atoms with Crippen molar-refractivity contribution in [3.05, 3.63) is 53.1 Å². The van der Waals surface area contributed by atoms with Crippen LogP contribution in [0.4, 0.5) is 0 Å². The van der Waals surface area contributed by atoms with Crippen LogP contribution in [0.25, 0.3) is 6.08 Å². The van der Waals surface area contributed by atoms with Gasteiger partial charge in [0, 0.05) is 0 Å². The number of rotatable bonds is 2. The van der Waals surface area contributed by atoms with Gasteiger partial charge in [0.1, 0.15) is 0 Å². The largest absolute Gasteiger partial charge is 0.0735 e. The molecule has 0 bridgehead atoms. The Balaban J connectivity index is 2.76. The van der Waals surface area contributed by atoms with Crippen LogP contribution in [0.1, 0.15) is 26.3 Å². The van der Waals surface area contributed by atoms with Crippen LogP contribution in [0, 0.1) is 0 Å². The van der Waals surface area contributed by atoms with E-state index in [0.29, 0.717) is 0 Å². The first-order chi connectivity index (χ1) is 6.20. The van der Waals surface area contributed by atoms with Gasteiger partial charge in [-0.3, -0.25) is 0 Å². The fourth-order valence-corrected chi connectivity index (χ4v) is 0.952. The lowest BCUT2D eigenvalue weighted by Crippen LogP contribution is -1.74. The molecule has 0 spiro atoms. The minimum atomic E-state index is 1.25. The van der Waals surface area contributed by atoms with Crippen LogP contribution in [0.5, 0.6) is 0 Å². The Hall–Kier alpha value is -1.30. The van der Waals surface area contributed by atoms with Crippen LogP contribution in [-0.4, -0.2) is 0 Å². The van der Waals surface area contributed by atoms with Crippen molar-refractivity contribution >= 4 is 6.08 Å². The molecule has 1 rings (SSSR count). The molecular weight excluding hydrogens is 156 g/mol. The zero-order valence-corrected chi connectivity index (χ0v) is 8.54. The fourth-order valence-electron chi connectivity index (χ4n) is 0.952. The van der Waals surface area contributed by atoms with E-state index in [1.165, 1.54) is 16.7 Å². The molecule has 0 heterocycles. The van der Waals surface area contributed by atoms with Crippen molar-refractivity contribution < 1.29 is 0 Å². The minimum Gasteiger partial charge on any atom is -0.0735 e. The molecule has 0 unspecified atom stereocenters. The second-order valence-corrected chi connectivity index (χ2v) is 3.43. The summed E-state index contributed by atoms with van der Waals surface area (Å²) in [6.07, 6.45) is 4.30. The first kappa shape index (κ1) is 9.79. The summed E-state index contributed by atoms with van der Waals surface area (Å²) in [7, 11) is 0. The molecule has 0 N–H and O–H groups in total. The third-order valence-corrected chi connectivity index (χ3v) is 2.11. The lowest BCUT2D eigenvalue weighted by atomic mass is 10.1. The summed E-state index contributed by atoms with van der Waals surface area (Å²) in [5, 5.41) is 0. The molecule has 13 heavy (non-hydrogen) atoms.